The fourth-order valence-corrected chi connectivity index (χ4v) is 5.75. The summed E-state index contributed by atoms with van der Waals surface area (Å²) in [5.41, 5.74) is 2.98. The fraction of sp³-hybridized carbons (Fsp3) is 0.167. The van der Waals surface area contributed by atoms with Gasteiger partial charge in [-0.2, -0.15) is 0 Å². The van der Waals surface area contributed by atoms with Gasteiger partial charge < -0.3 is 10.1 Å². The molecule has 4 aromatic carbocycles. The molecule has 0 fully saturated rings. The van der Waals surface area contributed by atoms with E-state index >= 15 is 0 Å². The second kappa shape index (κ2) is 11.7. The average molecular weight is 549 g/mol. The number of sulfonamides is 1. The summed E-state index contributed by atoms with van der Waals surface area (Å²) < 4.78 is 34.6. The number of nitrogens with one attached hydrogen (secondary N) is 1. The number of hydrogen-bond acceptors (Lipinski definition) is 4. The SMILES string of the molecule is COc1ccccc1[C@@H](C)NC(=O)c1ccccc1N(Cc1ccc(Cl)cc1)S(=O)(=O)c1ccc(C)cc1. The van der Waals surface area contributed by atoms with Crippen molar-refractivity contribution < 1.29 is 17.9 Å². The molecule has 0 radical (unpaired) electrons. The third-order valence-corrected chi connectivity index (χ3v) is 8.24. The number of benzene rings is 4. The number of carbonyl (C=O) groups is 1. The Labute approximate surface area is 228 Å². The van der Waals surface area contributed by atoms with Gasteiger partial charge in [0.05, 0.1) is 35.8 Å². The highest BCUT2D eigenvalue weighted by atomic mass is 35.5. The molecule has 0 heterocycles. The molecule has 0 aliphatic rings. The lowest BCUT2D eigenvalue weighted by atomic mass is 10.1. The minimum absolute atomic E-state index is 0.0136. The third-order valence-electron chi connectivity index (χ3n) is 6.22. The number of anilines is 1. The number of aryl methyl sites for hydroxylation is 1. The smallest absolute Gasteiger partial charge is 0.264 e. The van der Waals surface area contributed by atoms with Gasteiger partial charge in [-0.25, -0.2) is 8.42 Å². The van der Waals surface area contributed by atoms with Crippen LogP contribution < -0.4 is 14.4 Å². The number of carbonyl (C=O) groups excluding carboxylic acids is 1. The maximum absolute atomic E-state index is 14.0. The van der Waals surface area contributed by atoms with Gasteiger partial charge >= 0.3 is 0 Å². The Morgan fingerprint density at radius 1 is 0.921 bits per heavy atom. The monoisotopic (exact) mass is 548 g/mol. The average Bonchev–Trinajstić information content (AvgIpc) is 2.92. The summed E-state index contributed by atoms with van der Waals surface area (Å²) in [5, 5.41) is 3.54. The van der Waals surface area contributed by atoms with E-state index in [1.807, 2.05) is 38.1 Å². The molecule has 6 nitrogen and oxygen atoms in total. The van der Waals surface area contributed by atoms with E-state index in [0.29, 0.717) is 10.8 Å². The predicted molar refractivity (Wildman–Crippen MR) is 151 cm³/mol. The molecule has 0 saturated heterocycles. The highest BCUT2D eigenvalue weighted by Gasteiger charge is 2.29. The molecule has 0 bridgehead atoms. The molecule has 0 spiro atoms. The molecule has 8 heteroatoms. The van der Waals surface area contributed by atoms with Gasteiger partial charge in [-0.3, -0.25) is 9.10 Å². The quantitative estimate of drug-likeness (QED) is 0.257. The van der Waals surface area contributed by atoms with Crippen LogP contribution in [0.15, 0.2) is 102 Å². The van der Waals surface area contributed by atoms with Crippen molar-refractivity contribution in [1.29, 1.82) is 0 Å². The predicted octanol–water partition coefficient (Wildman–Crippen LogP) is 6.54. The van der Waals surface area contributed by atoms with Gasteiger partial charge in [-0.15, -0.1) is 0 Å². The molecule has 0 unspecified atom stereocenters. The summed E-state index contributed by atoms with van der Waals surface area (Å²) >= 11 is 6.06. The Bertz CT molecular complexity index is 1520. The van der Waals surface area contributed by atoms with Gasteiger partial charge in [-0.1, -0.05) is 71.8 Å². The second-order valence-electron chi connectivity index (χ2n) is 8.91. The van der Waals surface area contributed by atoms with Crippen molar-refractivity contribution in [3.05, 3.63) is 124 Å². The molecule has 4 rings (SSSR count). The van der Waals surface area contributed by atoms with Crippen LogP contribution in [0.5, 0.6) is 5.75 Å². The highest BCUT2D eigenvalue weighted by molar-refractivity contribution is 7.92. The molecule has 1 amide bonds. The fourth-order valence-electron chi connectivity index (χ4n) is 4.15. The Morgan fingerprint density at radius 3 is 2.24 bits per heavy atom. The van der Waals surface area contributed by atoms with Crippen molar-refractivity contribution in [3.63, 3.8) is 0 Å². The molecule has 196 valence electrons. The van der Waals surface area contributed by atoms with E-state index in [-0.39, 0.29) is 28.7 Å². The Morgan fingerprint density at radius 2 is 1.55 bits per heavy atom. The number of ether oxygens (including phenoxy) is 1. The van der Waals surface area contributed by atoms with Crippen molar-refractivity contribution in [3.8, 4) is 5.75 Å². The van der Waals surface area contributed by atoms with Gasteiger partial charge in [0.25, 0.3) is 15.9 Å². The normalized spacial score (nSPS) is 12.0. The zero-order chi connectivity index (χ0) is 27.3. The van der Waals surface area contributed by atoms with Crippen LogP contribution in [0, 0.1) is 6.92 Å². The summed E-state index contributed by atoms with van der Waals surface area (Å²) in [5.74, 6) is 0.249. The number of methoxy groups -OCH3 is 1. The summed E-state index contributed by atoms with van der Waals surface area (Å²) in [7, 11) is -2.45. The Hall–Kier alpha value is -3.81. The minimum atomic E-state index is -4.03. The van der Waals surface area contributed by atoms with Gasteiger partial charge in [0.1, 0.15) is 5.75 Å². The van der Waals surface area contributed by atoms with Crippen LogP contribution in [0.1, 0.15) is 40.0 Å². The molecule has 38 heavy (non-hydrogen) atoms. The van der Waals surface area contributed by atoms with E-state index in [2.05, 4.69) is 5.32 Å². The maximum atomic E-state index is 14.0. The van der Waals surface area contributed by atoms with Crippen LogP contribution in [0.25, 0.3) is 0 Å². The van der Waals surface area contributed by atoms with Crippen LogP contribution in [0.2, 0.25) is 5.02 Å². The minimum Gasteiger partial charge on any atom is -0.496 e. The van der Waals surface area contributed by atoms with Crippen LogP contribution in [0.3, 0.4) is 0 Å². The van der Waals surface area contributed by atoms with E-state index in [9.17, 15) is 13.2 Å². The van der Waals surface area contributed by atoms with E-state index < -0.39 is 15.9 Å². The van der Waals surface area contributed by atoms with E-state index in [1.165, 1.54) is 4.31 Å². The first-order valence-corrected chi connectivity index (χ1v) is 13.9. The standard InChI is InChI=1S/C30H29ClN2O4S/c1-21-12-18-25(19-13-21)38(35,36)33(20-23-14-16-24(31)17-15-23)28-10-6-4-9-27(28)30(34)32-22(2)26-8-5-7-11-29(26)37-3/h4-19,22H,20H2,1-3H3,(H,32,34)/t22-/m1/s1. The Kier molecular flexibility index (Phi) is 8.39. The van der Waals surface area contributed by atoms with Gasteiger partial charge in [0.15, 0.2) is 0 Å². The van der Waals surface area contributed by atoms with Crippen molar-refractivity contribution in [2.45, 2.75) is 31.3 Å². The number of rotatable bonds is 9. The number of hydrogen-bond donors (Lipinski definition) is 1. The van der Waals surface area contributed by atoms with Crippen molar-refractivity contribution in [2.24, 2.45) is 0 Å². The summed E-state index contributed by atoms with van der Waals surface area (Å²) in [6, 6.07) is 27.4. The molecule has 0 aliphatic carbocycles. The lowest BCUT2D eigenvalue weighted by molar-refractivity contribution is 0.0940. The largest absolute Gasteiger partial charge is 0.496 e. The molecular formula is C30H29ClN2O4S. The zero-order valence-corrected chi connectivity index (χ0v) is 23.0. The lowest BCUT2D eigenvalue weighted by Crippen LogP contribution is -2.34. The van der Waals surface area contributed by atoms with Gasteiger partial charge in [0.2, 0.25) is 0 Å². The summed E-state index contributed by atoms with van der Waals surface area (Å²) in [4.78, 5) is 13.7. The molecule has 4 aromatic rings. The zero-order valence-electron chi connectivity index (χ0n) is 21.4. The molecule has 0 aliphatic heterocycles. The van der Waals surface area contributed by atoms with Gasteiger partial charge in [0, 0.05) is 10.6 Å². The third kappa shape index (κ3) is 6.01. The summed E-state index contributed by atoms with van der Waals surface area (Å²) in [6.45, 7) is 3.76. The van der Waals surface area contributed by atoms with E-state index in [4.69, 9.17) is 16.3 Å². The number of halogens is 1. The molecule has 1 atom stereocenters. The summed E-state index contributed by atoms with van der Waals surface area (Å²) in [6.07, 6.45) is 0. The van der Waals surface area contributed by atoms with Crippen molar-refractivity contribution in [2.75, 3.05) is 11.4 Å². The molecular weight excluding hydrogens is 520 g/mol. The van der Waals surface area contributed by atoms with Crippen molar-refractivity contribution >= 4 is 33.2 Å². The van der Waals surface area contributed by atoms with E-state index in [1.54, 1.807) is 79.9 Å². The first kappa shape index (κ1) is 27.2. The topological polar surface area (TPSA) is 75.7 Å². The highest BCUT2D eigenvalue weighted by Crippen LogP contribution is 2.31. The van der Waals surface area contributed by atoms with Crippen molar-refractivity contribution in [1.82, 2.24) is 5.32 Å². The number of nitrogens with zero attached hydrogens (tertiary/aromatic N) is 1. The van der Waals surface area contributed by atoms with Crippen LogP contribution in [-0.2, 0) is 16.6 Å². The molecule has 1 N–H and O–H groups in total. The molecule has 0 saturated carbocycles. The Balaban J connectivity index is 1.75. The number of para-hydroxylation sites is 2. The molecule has 0 aromatic heterocycles. The van der Waals surface area contributed by atoms with Crippen LogP contribution >= 0.6 is 11.6 Å². The second-order valence-corrected chi connectivity index (χ2v) is 11.2. The first-order chi connectivity index (χ1) is 18.2. The van der Waals surface area contributed by atoms with E-state index in [0.717, 1.165) is 16.7 Å². The lowest BCUT2D eigenvalue weighted by Gasteiger charge is -2.27. The van der Waals surface area contributed by atoms with Gasteiger partial charge in [-0.05, 0) is 61.9 Å². The maximum Gasteiger partial charge on any atom is 0.264 e. The van der Waals surface area contributed by atoms with Crippen LogP contribution in [-0.4, -0.2) is 21.4 Å². The number of amides is 1. The van der Waals surface area contributed by atoms with Crippen LogP contribution in [0.4, 0.5) is 5.69 Å². The first-order valence-electron chi connectivity index (χ1n) is 12.1.